The van der Waals surface area contributed by atoms with Gasteiger partial charge in [0.15, 0.2) is 5.96 Å². The van der Waals surface area contributed by atoms with Gasteiger partial charge in [0.2, 0.25) is 5.88 Å². The van der Waals surface area contributed by atoms with Gasteiger partial charge in [-0.15, -0.1) is 0 Å². The van der Waals surface area contributed by atoms with E-state index in [1.54, 1.807) is 26.3 Å². The first-order valence-corrected chi connectivity index (χ1v) is 8.96. The summed E-state index contributed by atoms with van der Waals surface area (Å²) in [6.07, 6.45) is 1.75. The monoisotopic (exact) mass is 374 g/mol. The summed E-state index contributed by atoms with van der Waals surface area (Å²) in [6.45, 7) is 6.57. The lowest BCUT2D eigenvalue weighted by Gasteiger charge is -2.12. The number of nitrogens with zero attached hydrogens (tertiary/aromatic N) is 2. The summed E-state index contributed by atoms with van der Waals surface area (Å²) in [5.74, 6) is 1.07. The molecule has 0 fully saturated rings. The summed E-state index contributed by atoms with van der Waals surface area (Å²) in [7, 11) is 1.63. The first-order valence-electron chi connectivity index (χ1n) is 8.96. The zero-order valence-corrected chi connectivity index (χ0v) is 16.1. The highest BCUT2D eigenvalue weighted by Crippen LogP contribution is 2.10. The summed E-state index contributed by atoms with van der Waals surface area (Å²) < 4.78 is 23.8. The zero-order chi connectivity index (χ0) is 19.5. The van der Waals surface area contributed by atoms with Crippen LogP contribution in [-0.2, 0) is 17.8 Å². The Kier molecular flexibility index (Phi) is 8.51. The third-order valence-electron chi connectivity index (χ3n) is 3.78. The summed E-state index contributed by atoms with van der Waals surface area (Å²) in [6, 6.07) is 8.84. The molecular formula is C20H27FN4O2. The van der Waals surface area contributed by atoms with Crippen LogP contribution in [0.2, 0.25) is 0 Å². The number of aryl methyl sites for hydroxylation is 1. The molecule has 0 spiro atoms. The molecule has 0 radical (unpaired) electrons. The zero-order valence-electron chi connectivity index (χ0n) is 16.1. The van der Waals surface area contributed by atoms with Crippen LogP contribution < -0.4 is 15.4 Å². The predicted molar refractivity (Wildman–Crippen MR) is 104 cm³/mol. The van der Waals surface area contributed by atoms with E-state index in [1.165, 1.54) is 6.07 Å². The Labute approximate surface area is 159 Å². The van der Waals surface area contributed by atoms with Crippen molar-refractivity contribution in [3.8, 4) is 5.88 Å². The molecule has 0 saturated carbocycles. The lowest BCUT2D eigenvalue weighted by Crippen LogP contribution is -2.36. The second-order valence-corrected chi connectivity index (χ2v) is 5.98. The maximum Gasteiger partial charge on any atom is 0.213 e. The Morgan fingerprint density at radius 1 is 1.15 bits per heavy atom. The van der Waals surface area contributed by atoms with Crippen LogP contribution in [0.5, 0.6) is 5.88 Å². The number of rotatable bonds is 9. The van der Waals surface area contributed by atoms with Crippen LogP contribution in [0.25, 0.3) is 0 Å². The minimum Gasteiger partial charge on any atom is -0.475 e. The van der Waals surface area contributed by atoms with Crippen molar-refractivity contribution < 1.29 is 13.9 Å². The molecule has 1 heterocycles. The fourth-order valence-electron chi connectivity index (χ4n) is 2.33. The van der Waals surface area contributed by atoms with Gasteiger partial charge < -0.3 is 20.1 Å². The standard InChI is InChI=1S/C20H27FN4O2/c1-4-22-20(24-12-16-5-7-18(21)15(2)11-16)25-14-17-6-8-19(23-13-17)27-10-9-26-3/h5-8,11,13H,4,9-10,12,14H2,1-3H3,(H2,22,24,25). The van der Waals surface area contributed by atoms with E-state index >= 15 is 0 Å². The van der Waals surface area contributed by atoms with Crippen molar-refractivity contribution in [2.24, 2.45) is 4.99 Å². The van der Waals surface area contributed by atoms with E-state index in [0.717, 1.165) is 17.7 Å². The van der Waals surface area contributed by atoms with Crippen LogP contribution >= 0.6 is 0 Å². The van der Waals surface area contributed by atoms with Crippen molar-refractivity contribution in [1.29, 1.82) is 0 Å². The molecule has 0 bridgehead atoms. The van der Waals surface area contributed by atoms with Crippen molar-refractivity contribution in [3.05, 3.63) is 59.0 Å². The molecule has 0 saturated heterocycles. The molecule has 0 amide bonds. The summed E-state index contributed by atoms with van der Waals surface area (Å²) in [5, 5.41) is 6.46. The van der Waals surface area contributed by atoms with Crippen molar-refractivity contribution in [2.45, 2.75) is 26.9 Å². The number of hydrogen-bond donors (Lipinski definition) is 2. The van der Waals surface area contributed by atoms with Gasteiger partial charge in [-0.1, -0.05) is 18.2 Å². The van der Waals surface area contributed by atoms with E-state index in [0.29, 0.717) is 43.7 Å². The van der Waals surface area contributed by atoms with Gasteiger partial charge in [-0.2, -0.15) is 0 Å². The topological polar surface area (TPSA) is 67.8 Å². The van der Waals surface area contributed by atoms with Crippen molar-refractivity contribution >= 4 is 5.96 Å². The van der Waals surface area contributed by atoms with Gasteiger partial charge in [-0.3, -0.25) is 0 Å². The molecule has 2 rings (SSSR count). The van der Waals surface area contributed by atoms with E-state index in [4.69, 9.17) is 9.47 Å². The third-order valence-corrected chi connectivity index (χ3v) is 3.78. The Bertz CT molecular complexity index is 735. The van der Waals surface area contributed by atoms with Crippen LogP contribution in [0.15, 0.2) is 41.5 Å². The number of aromatic nitrogens is 1. The normalized spacial score (nSPS) is 11.3. The second kappa shape index (κ2) is 11.1. The van der Waals surface area contributed by atoms with Crippen LogP contribution in [0.4, 0.5) is 4.39 Å². The van der Waals surface area contributed by atoms with E-state index in [-0.39, 0.29) is 5.82 Å². The quantitative estimate of drug-likeness (QED) is 0.401. The summed E-state index contributed by atoms with van der Waals surface area (Å²) in [5.41, 5.74) is 2.61. The number of guanidine groups is 1. The van der Waals surface area contributed by atoms with Crippen molar-refractivity contribution in [1.82, 2.24) is 15.6 Å². The SMILES string of the molecule is CCNC(=NCc1ccc(OCCOC)nc1)NCc1ccc(F)c(C)c1. The van der Waals surface area contributed by atoms with E-state index < -0.39 is 0 Å². The lowest BCUT2D eigenvalue weighted by molar-refractivity contribution is 0.143. The lowest BCUT2D eigenvalue weighted by atomic mass is 10.1. The average molecular weight is 374 g/mol. The molecule has 7 heteroatoms. The number of nitrogens with one attached hydrogen (secondary N) is 2. The van der Waals surface area contributed by atoms with Crippen molar-refractivity contribution in [3.63, 3.8) is 0 Å². The minimum atomic E-state index is -0.193. The van der Waals surface area contributed by atoms with Crippen LogP contribution in [0.3, 0.4) is 0 Å². The molecule has 0 unspecified atom stereocenters. The molecule has 2 aromatic rings. The Morgan fingerprint density at radius 3 is 2.63 bits per heavy atom. The third kappa shape index (κ3) is 7.22. The molecular weight excluding hydrogens is 347 g/mol. The fourth-order valence-corrected chi connectivity index (χ4v) is 2.33. The molecule has 6 nitrogen and oxygen atoms in total. The number of hydrogen-bond acceptors (Lipinski definition) is 4. The summed E-state index contributed by atoms with van der Waals surface area (Å²) >= 11 is 0. The number of benzene rings is 1. The molecule has 1 aromatic heterocycles. The fraction of sp³-hybridized carbons (Fsp3) is 0.400. The number of methoxy groups -OCH3 is 1. The Balaban J connectivity index is 1.91. The summed E-state index contributed by atoms with van der Waals surface area (Å²) in [4.78, 5) is 8.83. The predicted octanol–water partition coefficient (Wildman–Crippen LogP) is 2.81. The minimum absolute atomic E-state index is 0.193. The number of aliphatic imine (C=N–C) groups is 1. The van der Waals surface area contributed by atoms with Gasteiger partial charge in [0.1, 0.15) is 12.4 Å². The first kappa shape index (κ1) is 20.6. The van der Waals surface area contributed by atoms with Gasteiger partial charge in [-0.25, -0.2) is 14.4 Å². The Hall–Kier alpha value is -2.67. The molecule has 0 aliphatic rings. The molecule has 0 atom stereocenters. The van der Waals surface area contributed by atoms with Gasteiger partial charge in [-0.05, 0) is 36.6 Å². The maximum absolute atomic E-state index is 13.4. The first-order chi connectivity index (χ1) is 13.1. The Morgan fingerprint density at radius 2 is 1.96 bits per heavy atom. The molecule has 27 heavy (non-hydrogen) atoms. The van der Waals surface area contributed by atoms with E-state index in [1.807, 2.05) is 25.1 Å². The highest BCUT2D eigenvalue weighted by molar-refractivity contribution is 5.79. The average Bonchev–Trinajstić information content (AvgIpc) is 2.68. The molecule has 2 N–H and O–H groups in total. The van der Waals surface area contributed by atoms with Crippen molar-refractivity contribution in [2.75, 3.05) is 26.9 Å². The van der Waals surface area contributed by atoms with Crippen LogP contribution in [-0.4, -0.2) is 37.8 Å². The number of halogens is 1. The highest BCUT2D eigenvalue weighted by Gasteiger charge is 2.02. The molecule has 146 valence electrons. The largest absolute Gasteiger partial charge is 0.475 e. The molecule has 1 aromatic carbocycles. The van der Waals surface area contributed by atoms with Gasteiger partial charge in [0, 0.05) is 32.5 Å². The van der Waals surface area contributed by atoms with Gasteiger partial charge in [0.05, 0.1) is 13.2 Å². The van der Waals surface area contributed by atoms with Crippen LogP contribution in [0.1, 0.15) is 23.6 Å². The highest BCUT2D eigenvalue weighted by atomic mass is 19.1. The number of ether oxygens (including phenoxy) is 2. The molecule has 0 aliphatic carbocycles. The van der Waals surface area contributed by atoms with E-state index in [9.17, 15) is 4.39 Å². The number of pyridine rings is 1. The van der Waals surface area contributed by atoms with Crippen LogP contribution in [0, 0.1) is 12.7 Å². The smallest absolute Gasteiger partial charge is 0.213 e. The van der Waals surface area contributed by atoms with Gasteiger partial charge >= 0.3 is 0 Å². The van der Waals surface area contributed by atoms with E-state index in [2.05, 4.69) is 20.6 Å². The second-order valence-electron chi connectivity index (χ2n) is 5.98. The maximum atomic E-state index is 13.4. The molecule has 0 aliphatic heterocycles. The van der Waals surface area contributed by atoms with Gasteiger partial charge in [0.25, 0.3) is 0 Å².